The molecular formula is C14H13ClN2OS2. The molecule has 0 saturated heterocycles. The molecule has 104 valence electrons. The molecule has 0 saturated carbocycles. The number of nitrogens with one attached hydrogen (secondary N) is 1. The first-order valence-corrected chi connectivity index (χ1v) is 8.61. The van der Waals surface area contributed by atoms with E-state index >= 15 is 0 Å². The summed E-state index contributed by atoms with van der Waals surface area (Å²) in [6.07, 6.45) is 2.65. The molecule has 20 heavy (non-hydrogen) atoms. The van der Waals surface area contributed by atoms with Crippen LogP contribution in [0.5, 0.6) is 0 Å². The van der Waals surface area contributed by atoms with E-state index in [4.69, 9.17) is 11.6 Å². The lowest BCUT2D eigenvalue weighted by molar-refractivity contribution is 0.103. The fraction of sp³-hybridized carbons (Fsp3) is 0.286. The van der Waals surface area contributed by atoms with Crippen LogP contribution < -0.4 is 5.32 Å². The maximum atomic E-state index is 12.3. The van der Waals surface area contributed by atoms with Crippen molar-refractivity contribution in [2.75, 3.05) is 11.1 Å². The zero-order chi connectivity index (χ0) is 14.1. The number of fused-ring (bicyclic) bond motifs is 1. The van der Waals surface area contributed by atoms with Crippen molar-refractivity contribution in [3.8, 4) is 0 Å². The third-order valence-corrected chi connectivity index (χ3v) is 5.76. The summed E-state index contributed by atoms with van der Waals surface area (Å²) in [6.45, 7) is 1.87. The van der Waals surface area contributed by atoms with E-state index in [2.05, 4.69) is 10.3 Å². The maximum Gasteiger partial charge on any atom is 0.265 e. The van der Waals surface area contributed by atoms with Crippen LogP contribution in [-0.4, -0.2) is 16.6 Å². The lowest BCUT2D eigenvalue weighted by atomic mass is 10.2. The number of anilines is 1. The number of hydrogen-bond donors (Lipinski definition) is 1. The Morgan fingerprint density at radius 2 is 2.30 bits per heavy atom. The number of carbonyl (C=O) groups excluding carboxylic acids is 1. The minimum atomic E-state index is -0.0714. The summed E-state index contributed by atoms with van der Waals surface area (Å²) in [6, 6.07) is 3.84. The third-order valence-electron chi connectivity index (χ3n) is 3.12. The highest BCUT2D eigenvalue weighted by Gasteiger charge is 2.17. The van der Waals surface area contributed by atoms with Gasteiger partial charge in [-0.25, -0.2) is 4.98 Å². The molecule has 3 nitrogen and oxygen atoms in total. The van der Waals surface area contributed by atoms with Gasteiger partial charge in [0.05, 0.1) is 16.8 Å². The summed E-state index contributed by atoms with van der Waals surface area (Å²) in [4.78, 5) is 18.4. The van der Waals surface area contributed by atoms with Gasteiger partial charge in [0, 0.05) is 10.6 Å². The number of pyridine rings is 1. The Hall–Kier alpha value is -1.04. The monoisotopic (exact) mass is 324 g/mol. The molecule has 2 aromatic rings. The fourth-order valence-electron chi connectivity index (χ4n) is 2.08. The zero-order valence-electron chi connectivity index (χ0n) is 10.9. The van der Waals surface area contributed by atoms with Crippen LogP contribution in [0, 0.1) is 6.92 Å². The molecule has 2 aromatic heterocycles. The van der Waals surface area contributed by atoms with Gasteiger partial charge in [-0.05, 0) is 42.4 Å². The van der Waals surface area contributed by atoms with Crippen LogP contribution in [0.4, 0.5) is 5.69 Å². The number of hydrogen-bond acceptors (Lipinski definition) is 4. The molecule has 1 aliphatic rings. The van der Waals surface area contributed by atoms with Gasteiger partial charge in [-0.3, -0.25) is 4.79 Å². The van der Waals surface area contributed by atoms with E-state index in [0.717, 1.165) is 28.4 Å². The number of thioether (sulfide) groups is 1. The standard InChI is InChI=1S/C14H13ClN2OS2/c1-8-4-10(6-16-13(8)15)17-14(18)12-5-9-7-19-3-2-11(9)20-12/h4-6H,2-3,7H2,1H3,(H,17,18). The van der Waals surface area contributed by atoms with Gasteiger partial charge < -0.3 is 5.32 Å². The second-order valence-corrected chi connectivity index (χ2v) is 7.25. The van der Waals surface area contributed by atoms with E-state index < -0.39 is 0 Å². The van der Waals surface area contributed by atoms with E-state index in [1.54, 1.807) is 17.5 Å². The number of nitrogens with zero attached hydrogens (tertiary/aromatic N) is 1. The van der Waals surface area contributed by atoms with Gasteiger partial charge in [0.15, 0.2) is 0 Å². The summed E-state index contributed by atoms with van der Waals surface area (Å²) in [5.41, 5.74) is 2.84. The Kier molecular flexibility index (Phi) is 4.01. The van der Waals surface area contributed by atoms with Crippen molar-refractivity contribution in [3.63, 3.8) is 0 Å². The molecular weight excluding hydrogens is 312 g/mol. The fourth-order valence-corrected chi connectivity index (χ4v) is 4.45. The topological polar surface area (TPSA) is 42.0 Å². The summed E-state index contributed by atoms with van der Waals surface area (Å²) >= 11 is 9.40. The first-order valence-electron chi connectivity index (χ1n) is 6.26. The Bertz CT molecular complexity index is 646. The average Bonchev–Trinajstić information content (AvgIpc) is 2.87. The van der Waals surface area contributed by atoms with E-state index in [1.807, 2.05) is 30.8 Å². The Balaban J connectivity index is 1.78. The molecule has 0 fully saturated rings. The normalized spacial score (nSPS) is 13.9. The number of carbonyl (C=O) groups is 1. The second kappa shape index (κ2) is 5.76. The molecule has 0 unspecified atom stereocenters. The highest BCUT2D eigenvalue weighted by atomic mass is 35.5. The van der Waals surface area contributed by atoms with Crippen molar-refractivity contribution in [3.05, 3.63) is 44.4 Å². The van der Waals surface area contributed by atoms with Gasteiger partial charge in [0.1, 0.15) is 5.15 Å². The smallest absolute Gasteiger partial charge is 0.265 e. The van der Waals surface area contributed by atoms with Gasteiger partial charge in [-0.1, -0.05) is 11.6 Å². The highest BCUT2D eigenvalue weighted by Crippen LogP contribution is 2.32. The molecule has 0 atom stereocenters. The Morgan fingerprint density at radius 3 is 3.05 bits per heavy atom. The molecule has 0 aromatic carbocycles. The van der Waals surface area contributed by atoms with Crippen LogP contribution in [0.15, 0.2) is 18.3 Å². The van der Waals surface area contributed by atoms with Crippen molar-refractivity contribution in [1.82, 2.24) is 4.98 Å². The molecule has 3 rings (SSSR count). The Labute approximate surface area is 130 Å². The second-order valence-electron chi connectivity index (χ2n) is 4.65. The third kappa shape index (κ3) is 2.85. The first kappa shape index (κ1) is 13.9. The van der Waals surface area contributed by atoms with Crippen molar-refractivity contribution in [1.29, 1.82) is 0 Å². The van der Waals surface area contributed by atoms with Gasteiger partial charge >= 0.3 is 0 Å². The number of amides is 1. The number of thiophene rings is 1. The summed E-state index contributed by atoms with van der Waals surface area (Å²) in [5, 5.41) is 3.34. The van der Waals surface area contributed by atoms with Crippen LogP contribution in [0.2, 0.25) is 5.15 Å². The minimum Gasteiger partial charge on any atom is -0.320 e. The van der Waals surface area contributed by atoms with E-state index in [0.29, 0.717) is 10.8 Å². The molecule has 0 aliphatic carbocycles. The van der Waals surface area contributed by atoms with Crippen LogP contribution in [0.1, 0.15) is 25.7 Å². The van der Waals surface area contributed by atoms with E-state index in [9.17, 15) is 4.79 Å². The zero-order valence-corrected chi connectivity index (χ0v) is 13.3. The van der Waals surface area contributed by atoms with Crippen LogP contribution in [0.3, 0.4) is 0 Å². The minimum absolute atomic E-state index is 0.0714. The highest BCUT2D eigenvalue weighted by molar-refractivity contribution is 7.98. The Morgan fingerprint density at radius 1 is 1.45 bits per heavy atom. The van der Waals surface area contributed by atoms with Gasteiger partial charge in [-0.15, -0.1) is 11.3 Å². The van der Waals surface area contributed by atoms with Crippen LogP contribution in [0.25, 0.3) is 0 Å². The number of halogens is 1. The quantitative estimate of drug-likeness (QED) is 0.844. The molecule has 0 radical (unpaired) electrons. The van der Waals surface area contributed by atoms with Crippen molar-refractivity contribution >= 4 is 46.3 Å². The van der Waals surface area contributed by atoms with E-state index in [-0.39, 0.29) is 5.91 Å². The predicted molar refractivity (Wildman–Crippen MR) is 86.1 cm³/mol. The van der Waals surface area contributed by atoms with Crippen molar-refractivity contribution in [2.24, 2.45) is 0 Å². The molecule has 0 bridgehead atoms. The molecule has 1 N–H and O–H groups in total. The van der Waals surface area contributed by atoms with Crippen LogP contribution >= 0.6 is 34.7 Å². The summed E-state index contributed by atoms with van der Waals surface area (Å²) in [5.74, 6) is 2.09. The molecule has 0 spiro atoms. The van der Waals surface area contributed by atoms with Gasteiger partial charge in [0.2, 0.25) is 0 Å². The lowest BCUT2D eigenvalue weighted by Gasteiger charge is -2.08. The number of rotatable bonds is 2. The number of aromatic nitrogens is 1. The largest absolute Gasteiger partial charge is 0.320 e. The van der Waals surface area contributed by atoms with Crippen molar-refractivity contribution < 1.29 is 4.79 Å². The summed E-state index contributed by atoms with van der Waals surface area (Å²) < 4.78 is 0. The molecule has 1 aliphatic heterocycles. The molecule has 1 amide bonds. The SMILES string of the molecule is Cc1cc(NC(=O)c2cc3c(s2)CCSC3)cnc1Cl. The van der Waals surface area contributed by atoms with Crippen molar-refractivity contribution in [2.45, 2.75) is 19.1 Å². The van der Waals surface area contributed by atoms with Gasteiger partial charge in [0.25, 0.3) is 5.91 Å². The summed E-state index contributed by atoms with van der Waals surface area (Å²) in [7, 11) is 0. The number of aryl methyl sites for hydroxylation is 2. The predicted octanol–water partition coefficient (Wildman–Crippen LogP) is 4.15. The van der Waals surface area contributed by atoms with E-state index in [1.165, 1.54) is 10.4 Å². The molecule has 6 heteroatoms. The van der Waals surface area contributed by atoms with Crippen LogP contribution in [-0.2, 0) is 12.2 Å². The average molecular weight is 325 g/mol. The molecule has 3 heterocycles. The lowest BCUT2D eigenvalue weighted by Crippen LogP contribution is -2.10. The van der Waals surface area contributed by atoms with Gasteiger partial charge in [-0.2, -0.15) is 11.8 Å². The maximum absolute atomic E-state index is 12.3. The first-order chi connectivity index (χ1) is 9.63.